The smallest absolute Gasteiger partial charge is 0.349 e. The Morgan fingerprint density at radius 1 is 1.00 bits per heavy atom. The highest BCUT2D eigenvalue weighted by atomic mass is 35.5. The lowest BCUT2D eigenvalue weighted by Crippen LogP contribution is -2.12. The number of ether oxygens (including phenoxy) is 2. The van der Waals surface area contributed by atoms with Crippen molar-refractivity contribution in [3.8, 4) is 17.0 Å². The van der Waals surface area contributed by atoms with Gasteiger partial charge >= 0.3 is 11.9 Å². The number of nitrogens with zero attached hydrogens (tertiary/aromatic N) is 1. The zero-order valence-corrected chi connectivity index (χ0v) is 18.6. The van der Waals surface area contributed by atoms with Crippen LogP contribution in [-0.4, -0.2) is 23.2 Å². The van der Waals surface area contributed by atoms with Gasteiger partial charge in [-0.3, -0.25) is 0 Å². The third-order valence-corrected chi connectivity index (χ3v) is 5.12. The molecule has 0 aliphatic rings. The summed E-state index contributed by atoms with van der Waals surface area (Å²) in [6.45, 7) is 6.83. The van der Waals surface area contributed by atoms with Crippen molar-refractivity contribution < 1.29 is 28.0 Å². The van der Waals surface area contributed by atoms with Gasteiger partial charge in [0.25, 0.3) is 0 Å². The molecule has 0 bridgehead atoms. The van der Waals surface area contributed by atoms with Crippen molar-refractivity contribution in [2.75, 3.05) is 0 Å². The minimum absolute atomic E-state index is 0.168. The van der Waals surface area contributed by atoms with Crippen LogP contribution < -0.4 is 4.74 Å². The van der Waals surface area contributed by atoms with E-state index in [0.717, 1.165) is 0 Å². The number of halogens is 1. The Kier molecular flexibility index (Phi) is 5.76. The molecule has 0 fully saturated rings. The summed E-state index contributed by atoms with van der Waals surface area (Å²) >= 11 is 6.27. The molecular formula is C24H20ClNO6. The van der Waals surface area contributed by atoms with Crippen molar-refractivity contribution in [2.45, 2.75) is 33.8 Å². The zero-order chi connectivity index (χ0) is 23.0. The van der Waals surface area contributed by atoms with Gasteiger partial charge in [-0.15, -0.1) is 0 Å². The van der Waals surface area contributed by atoms with Crippen molar-refractivity contribution in [3.05, 3.63) is 70.1 Å². The van der Waals surface area contributed by atoms with E-state index in [1.54, 1.807) is 70.2 Å². The first-order valence-corrected chi connectivity index (χ1v) is 10.3. The third-order valence-electron chi connectivity index (χ3n) is 4.79. The van der Waals surface area contributed by atoms with Gasteiger partial charge in [0.15, 0.2) is 0 Å². The first-order valence-electron chi connectivity index (χ1n) is 9.93. The number of esters is 2. The molecule has 2 aromatic carbocycles. The highest BCUT2D eigenvalue weighted by molar-refractivity contribution is 6.33. The summed E-state index contributed by atoms with van der Waals surface area (Å²) in [6, 6.07) is 11.8. The first-order chi connectivity index (χ1) is 15.3. The fourth-order valence-corrected chi connectivity index (χ4v) is 3.62. The highest BCUT2D eigenvalue weighted by Crippen LogP contribution is 2.33. The summed E-state index contributed by atoms with van der Waals surface area (Å²) < 4.78 is 21.8. The molecule has 0 radical (unpaired) electrons. The Bertz CT molecular complexity index is 1330. The Hall–Kier alpha value is -3.58. The number of furan rings is 1. The first kappa shape index (κ1) is 21.6. The van der Waals surface area contributed by atoms with Gasteiger partial charge in [0, 0.05) is 10.9 Å². The van der Waals surface area contributed by atoms with E-state index < -0.39 is 11.9 Å². The second-order valence-electron chi connectivity index (χ2n) is 7.48. The fourth-order valence-electron chi connectivity index (χ4n) is 3.40. The van der Waals surface area contributed by atoms with Crippen LogP contribution >= 0.6 is 11.6 Å². The van der Waals surface area contributed by atoms with Crippen molar-refractivity contribution in [3.63, 3.8) is 0 Å². The number of carbonyl (C=O) groups excluding carboxylic acids is 2. The third kappa shape index (κ3) is 3.99. The lowest BCUT2D eigenvalue weighted by atomic mass is 10.1. The van der Waals surface area contributed by atoms with Crippen LogP contribution in [0.25, 0.3) is 22.2 Å². The molecule has 4 aromatic rings. The lowest BCUT2D eigenvalue weighted by Gasteiger charge is -2.08. The van der Waals surface area contributed by atoms with E-state index >= 15 is 0 Å². The maximum absolute atomic E-state index is 13.0. The van der Waals surface area contributed by atoms with Crippen molar-refractivity contribution >= 4 is 34.5 Å². The monoisotopic (exact) mass is 453 g/mol. The van der Waals surface area contributed by atoms with Crippen LogP contribution in [0.1, 0.15) is 46.1 Å². The van der Waals surface area contributed by atoms with E-state index in [0.29, 0.717) is 44.3 Å². The Labute approximate surface area is 188 Å². The predicted octanol–water partition coefficient (Wildman–Crippen LogP) is 6.14. The SMILES string of the molecule is Cc1onc(-c2ccccc2Cl)c1C(=O)Oc1ccc2oc(C)c(C(=O)OC(C)C)c2c1. The van der Waals surface area contributed by atoms with Gasteiger partial charge in [0.05, 0.1) is 11.1 Å². The maximum Gasteiger partial charge on any atom is 0.349 e. The average molecular weight is 454 g/mol. The number of fused-ring (bicyclic) bond motifs is 1. The number of aryl methyl sites for hydroxylation is 2. The number of aromatic nitrogens is 1. The normalized spacial score (nSPS) is 11.2. The quantitative estimate of drug-likeness (QED) is 0.264. The molecule has 0 saturated carbocycles. The molecule has 0 N–H and O–H groups in total. The molecule has 0 unspecified atom stereocenters. The Balaban J connectivity index is 1.69. The van der Waals surface area contributed by atoms with Gasteiger partial charge in [-0.25, -0.2) is 9.59 Å². The Morgan fingerprint density at radius 3 is 2.47 bits per heavy atom. The standard InChI is InChI=1S/C24H20ClNO6/c1-12(2)29-23(27)20-13(3)30-19-10-9-15(11-17(19)20)31-24(28)21-14(4)32-26-22(21)16-7-5-6-8-18(16)25/h5-12H,1-4H3. The topological polar surface area (TPSA) is 91.8 Å². The number of carbonyl (C=O) groups is 2. The van der Waals surface area contributed by atoms with E-state index in [-0.39, 0.29) is 17.4 Å². The van der Waals surface area contributed by atoms with Gasteiger partial charge in [0.2, 0.25) is 0 Å². The van der Waals surface area contributed by atoms with Gasteiger partial charge in [-0.05, 0) is 52.0 Å². The molecule has 0 saturated heterocycles. The second kappa shape index (κ2) is 8.51. The minimum atomic E-state index is -0.662. The van der Waals surface area contributed by atoms with Gasteiger partial charge in [-0.1, -0.05) is 35.0 Å². The number of hydrogen-bond donors (Lipinski definition) is 0. The largest absolute Gasteiger partial charge is 0.460 e. The van der Waals surface area contributed by atoms with Gasteiger partial charge < -0.3 is 18.4 Å². The Morgan fingerprint density at radius 2 is 1.75 bits per heavy atom. The molecule has 7 nitrogen and oxygen atoms in total. The predicted molar refractivity (Wildman–Crippen MR) is 118 cm³/mol. The van der Waals surface area contributed by atoms with Crippen LogP contribution in [0.3, 0.4) is 0 Å². The summed E-state index contributed by atoms with van der Waals surface area (Å²) in [5.74, 6) is -0.218. The summed E-state index contributed by atoms with van der Waals surface area (Å²) in [6.07, 6.45) is -0.285. The lowest BCUT2D eigenvalue weighted by molar-refractivity contribution is 0.0378. The summed E-state index contributed by atoms with van der Waals surface area (Å²) in [4.78, 5) is 25.6. The van der Waals surface area contributed by atoms with Crippen LogP contribution in [0.4, 0.5) is 0 Å². The van der Waals surface area contributed by atoms with E-state index in [1.807, 2.05) is 0 Å². The molecule has 0 amide bonds. The number of benzene rings is 2. The zero-order valence-electron chi connectivity index (χ0n) is 17.9. The molecule has 0 aliphatic carbocycles. The van der Waals surface area contributed by atoms with Gasteiger partial charge in [-0.2, -0.15) is 0 Å². The summed E-state index contributed by atoms with van der Waals surface area (Å²) in [5.41, 5.74) is 1.79. The molecule has 0 aliphatic heterocycles. The van der Waals surface area contributed by atoms with Crippen molar-refractivity contribution in [2.24, 2.45) is 0 Å². The van der Waals surface area contributed by atoms with Crippen LogP contribution in [0, 0.1) is 13.8 Å². The summed E-state index contributed by atoms with van der Waals surface area (Å²) in [5, 5.41) is 4.91. The molecular weight excluding hydrogens is 434 g/mol. The fraction of sp³-hybridized carbons (Fsp3) is 0.208. The molecule has 2 aromatic heterocycles. The van der Waals surface area contributed by atoms with Crippen molar-refractivity contribution in [1.82, 2.24) is 5.16 Å². The molecule has 164 valence electrons. The molecule has 0 spiro atoms. The maximum atomic E-state index is 13.0. The average Bonchev–Trinajstić information content (AvgIpc) is 3.26. The van der Waals surface area contributed by atoms with E-state index in [2.05, 4.69) is 5.16 Å². The van der Waals surface area contributed by atoms with E-state index in [4.69, 9.17) is 30.0 Å². The van der Waals surface area contributed by atoms with Crippen LogP contribution in [0.15, 0.2) is 51.4 Å². The number of rotatable bonds is 5. The van der Waals surface area contributed by atoms with E-state index in [9.17, 15) is 9.59 Å². The van der Waals surface area contributed by atoms with Crippen LogP contribution in [0.2, 0.25) is 5.02 Å². The minimum Gasteiger partial charge on any atom is -0.460 e. The van der Waals surface area contributed by atoms with Crippen molar-refractivity contribution in [1.29, 1.82) is 0 Å². The van der Waals surface area contributed by atoms with Gasteiger partial charge in [0.1, 0.15) is 39.7 Å². The second-order valence-corrected chi connectivity index (χ2v) is 7.88. The van der Waals surface area contributed by atoms with Crippen LogP contribution in [0.5, 0.6) is 5.75 Å². The number of hydrogen-bond acceptors (Lipinski definition) is 7. The molecule has 0 atom stereocenters. The summed E-state index contributed by atoms with van der Waals surface area (Å²) in [7, 11) is 0. The van der Waals surface area contributed by atoms with E-state index in [1.165, 1.54) is 0 Å². The highest BCUT2D eigenvalue weighted by Gasteiger charge is 2.26. The molecule has 32 heavy (non-hydrogen) atoms. The molecule has 8 heteroatoms. The molecule has 4 rings (SSSR count). The van der Waals surface area contributed by atoms with Crippen LogP contribution in [-0.2, 0) is 4.74 Å². The molecule has 2 heterocycles.